The van der Waals surface area contributed by atoms with Gasteiger partial charge >= 0.3 is 11.6 Å². The molecule has 0 amide bonds. The molecule has 0 saturated heterocycles. The van der Waals surface area contributed by atoms with E-state index in [0.29, 0.717) is 16.9 Å². The van der Waals surface area contributed by atoms with Crippen LogP contribution in [0.4, 0.5) is 0 Å². The lowest BCUT2D eigenvalue weighted by Crippen LogP contribution is -2.07. The SMILES string of the molecule is C=Cc1cc2cc(OC)cc(OC(C)=O)c2c(=O)o1. The van der Waals surface area contributed by atoms with Crippen molar-refractivity contribution in [2.24, 2.45) is 0 Å². The number of benzene rings is 1. The fraction of sp³-hybridized carbons (Fsp3) is 0.143. The number of rotatable bonds is 3. The molecule has 1 aromatic carbocycles. The molecular formula is C14H12O5. The predicted molar refractivity (Wildman–Crippen MR) is 70.4 cm³/mol. The lowest BCUT2D eigenvalue weighted by Gasteiger charge is -2.08. The summed E-state index contributed by atoms with van der Waals surface area (Å²) in [6, 6.07) is 4.75. The Bertz CT molecular complexity index is 712. The van der Waals surface area contributed by atoms with Crippen LogP contribution in [0.1, 0.15) is 12.7 Å². The van der Waals surface area contributed by atoms with Crippen LogP contribution in [0.5, 0.6) is 11.5 Å². The molecule has 0 bridgehead atoms. The number of carbonyl (C=O) groups excluding carboxylic acids is 1. The van der Waals surface area contributed by atoms with Gasteiger partial charge in [-0.15, -0.1) is 0 Å². The Hall–Kier alpha value is -2.56. The van der Waals surface area contributed by atoms with Gasteiger partial charge in [0.05, 0.1) is 7.11 Å². The molecule has 2 aromatic rings. The first-order chi connectivity index (χ1) is 9.05. The van der Waals surface area contributed by atoms with E-state index in [-0.39, 0.29) is 11.1 Å². The van der Waals surface area contributed by atoms with Crippen molar-refractivity contribution in [1.29, 1.82) is 0 Å². The van der Waals surface area contributed by atoms with E-state index in [4.69, 9.17) is 13.9 Å². The van der Waals surface area contributed by atoms with Crippen LogP contribution in [0, 0.1) is 0 Å². The Kier molecular flexibility index (Phi) is 3.37. The summed E-state index contributed by atoms with van der Waals surface area (Å²) in [6.07, 6.45) is 1.42. The van der Waals surface area contributed by atoms with Crippen LogP contribution in [0.15, 0.2) is 34.0 Å². The van der Waals surface area contributed by atoms with Crippen molar-refractivity contribution in [3.05, 3.63) is 41.0 Å². The van der Waals surface area contributed by atoms with Gasteiger partial charge in [0.15, 0.2) is 0 Å². The normalized spacial score (nSPS) is 10.2. The minimum absolute atomic E-state index is 0.117. The Balaban J connectivity index is 2.82. The zero-order chi connectivity index (χ0) is 14.0. The molecule has 0 spiro atoms. The Morgan fingerprint density at radius 3 is 2.68 bits per heavy atom. The zero-order valence-electron chi connectivity index (χ0n) is 10.6. The van der Waals surface area contributed by atoms with Gasteiger partial charge in [0, 0.05) is 18.4 Å². The first kappa shape index (κ1) is 12.9. The van der Waals surface area contributed by atoms with Crippen LogP contribution >= 0.6 is 0 Å². The highest BCUT2D eigenvalue weighted by Gasteiger charge is 2.13. The first-order valence-electron chi connectivity index (χ1n) is 5.52. The molecule has 2 rings (SSSR count). The van der Waals surface area contributed by atoms with Crippen molar-refractivity contribution in [3.8, 4) is 11.5 Å². The highest BCUT2D eigenvalue weighted by molar-refractivity contribution is 5.91. The molecule has 0 radical (unpaired) electrons. The van der Waals surface area contributed by atoms with Gasteiger partial charge in [0.25, 0.3) is 0 Å². The quantitative estimate of drug-likeness (QED) is 0.626. The first-order valence-corrected chi connectivity index (χ1v) is 5.52. The molecular weight excluding hydrogens is 248 g/mol. The van der Waals surface area contributed by atoms with Crippen LogP contribution in [0.2, 0.25) is 0 Å². The molecule has 1 heterocycles. The van der Waals surface area contributed by atoms with Crippen LogP contribution in [-0.2, 0) is 4.79 Å². The Labute approximate surface area is 109 Å². The van der Waals surface area contributed by atoms with Gasteiger partial charge in [0.1, 0.15) is 22.6 Å². The van der Waals surface area contributed by atoms with Gasteiger partial charge in [-0.1, -0.05) is 6.58 Å². The molecule has 5 heteroatoms. The summed E-state index contributed by atoms with van der Waals surface area (Å²) in [6.45, 7) is 4.80. The van der Waals surface area contributed by atoms with Gasteiger partial charge in [0.2, 0.25) is 0 Å². The van der Waals surface area contributed by atoms with Crippen molar-refractivity contribution in [1.82, 2.24) is 0 Å². The van der Waals surface area contributed by atoms with E-state index in [9.17, 15) is 9.59 Å². The van der Waals surface area contributed by atoms with Gasteiger partial charge in [-0.25, -0.2) is 4.79 Å². The third-order valence-corrected chi connectivity index (χ3v) is 2.51. The topological polar surface area (TPSA) is 65.7 Å². The molecule has 1 aromatic heterocycles. The van der Waals surface area contributed by atoms with E-state index < -0.39 is 11.6 Å². The van der Waals surface area contributed by atoms with Gasteiger partial charge in [-0.05, 0) is 18.2 Å². The molecule has 0 atom stereocenters. The number of fused-ring (bicyclic) bond motifs is 1. The predicted octanol–water partition coefficient (Wildman–Crippen LogP) is 2.37. The number of ether oxygens (including phenoxy) is 2. The maximum absolute atomic E-state index is 11.9. The van der Waals surface area contributed by atoms with Crippen molar-refractivity contribution in [2.75, 3.05) is 7.11 Å². The van der Waals surface area contributed by atoms with Crippen LogP contribution < -0.4 is 15.1 Å². The number of carbonyl (C=O) groups is 1. The average Bonchev–Trinajstić information content (AvgIpc) is 2.36. The molecule has 0 unspecified atom stereocenters. The van der Waals surface area contributed by atoms with E-state index >= 15 is 0 Å². The molecule has 5 nitrogen and oxygen atoms in total. The van der Waals surface area contributed by atoms with E-state index in [1.807, 2.05) is 0 Å². The number of hydrogen-bond acceptors (Lipinski definition) is 5. The second kappa shape index (κ2) is 4.97. The van der Waals surface area contributed by atoms with Crippen LogP contribution in [0.25, 0.3) is 16.8 Å². The highest BCUT2D eigenvalue weighted by Crippen LogP contribution is 2.29. The lowest BCUT2D eigenvalue weighted by atomic mass is 10.1. The van der Waals surface area contributed by atoms with Crippen molar-refractivity contribution >= 4 is 22.8 Å². The summed E-state index contributed by atoms with van der Waals surface area (Å²) in [7, 11) is 1.48. The molecule has 19 heavy (non-hydrogen) atoms. The molecule has 0 saturated carbocycles. The van der Waals surface area contributed by atoms with Crippen LogP contribution in [0.3, 0.4) is 0 Å². The van der Waals surface area contributed by atoms with E-state index in [2.05, 4.69) is 6.58 Å². The second-order valence-corrected chi connectivity index (χ2v) is 3.82. The summed E-state index contributed by atoms with van der Waals surface area (Å²) in [5, 5.41) is 0.753. The largest absolute Gasteiger partial charge is 0.497 e. The van der Waals surface area contributed by atoms with Crippen LogP contribution in [-0.4, -0.2) is 13.1 Å². The molecule has 0 aliphatic carbocycles. The zero-order valence-corrected chi connectivity index (χ0v) is 10.6. The maximum Gasteiger partial charge on any atom is 0.347 e. The van der Waals surface area contributed by atoms with Gasteiger partial charge in [-0.3, -0.25) is 4.79 Å². The van der Waals surface area contributed by atoms with Gasteiger partial charge < -0.3 is 13.9 Å². The minimum atomic E-state index is -0.591. The van der Waals surface area contributed by atoms with Crippen molar-refractivity contribution < 1.29 is 18.7 Å². The molecule has 0 aliphatic heterocycles. The number of esters is 1. The monoisotopic (exact) mass is 260 g/mol. The van der Waals surface area contributed by atoms with Crippen molar-refractivity contribution in [3.63, 3.8) is 0 Å². The molecule has 0 fully saturated rings. The fourth-order valence-corrected chi connectivity index (χ4v) is 1.74. The van der Waals surface area contributed by atoms with Gasteiger partial charge in [-0.2, -0.15) is 0 Å². The summed E-state index contributed by atoms with van der Waals surface area (Å²) in [5.74, 6) is 0.400. The molecule has 98 valence electrons. The smallest absolute Gasteiger partial charge is 0.347 e. The Morgan fingerprint density at radius 2 is 2.11 bits per heavy atom. The van der Waals surface area contributed by atoms with E-state index in [0.717, 1.165) is 0 Å². The summed E-state index contributed by atoms with van der Waals surface area (Å²) in [5.41, 5.74) is -0.591. The standard InChI is InChI=1S/C14H12O5/c1-4-10-5-9-6-11(17-3)7-12(18-8(2)15)13(9)14(16)19-10/h4-7H,1H2,2-3H3. The van der Waals surface area contributed by atoms with E-state index in [1.54, 1.807) is 12.1 Å². The number of hydrogen-bond donors (Lipinski definition) is 0. The molecule has 0 aliphatic rings. The number of methoxy groups -OCH3 is 1. The van der Waals surface area contributed by atoms with Crippen molar-refractivity contribution in [2.45, 2.75) is 6.92 Å². The summed E-state index contributed by atoms with van der Waals surface area (Å²) < 4.78 is 15.2. The lowest BCUT2D eigenvalue weighted by molar-refractivity contribution is -0.131. The average molecular weight is 260 g/mol. The Morgan fingerprint density at radius 1 is 1.37 bits per heavy atom. The third kappa shape index (κ3) is 2.49. The maximum atomic E-state index is 11.9. The second-order valence-electron chi connectivity index (χ2n) is 3.82. The summed E-state index contributed by atoms with van der Waals surface area (Å²) in [4.78, 5) is 23.0. The molecule has 0 N–H and O–H groups in total. The highest BCUT2D eigenvalue weighted by atomic mass is 16.5. The van der Waals surface area contributed by atoms with E-state index in [1.165, 1.54) is 26.2 Å². The fourth-order valence-electron chi connectivity index (χ4n) is 1.74. The third-order valence-electron chi connectivity index (χ3n) is 2.51. The summed E-state index contributed by atoms with van der Waals surface area (Å²) >= 11 is 0. The minimum Gasteiger partial charge on any atom is -0.497 e.